The fourth-order valence-corrected chi connectivity index (χ4v) is 1.67. The van der Waals surface area contributed by atoms with Gasteiger partial charge in [-0.2, -0.15) is 0 Å². The van der Waals surface area contributed by atoms with Crippen molar-refractivity contribution in [3.8, 4) is 0 Å². The van der Waals surface area contributed by atoms with Crippen molar-refractivity contribution < 1.29 is 5.11 Å². The number of rotatable bonds is 1. The van der Waals surface area contributed by atoms with E-state index in [2.05, 4.69) is 0 Å². The van der Waals surface area contributed by atoms with Crippen LogP contribution in [0.5, 0.6) is 0 Å². The quantitative estimate of drug-likeness (QED) is 0.670. The molecule has 0 bridgehead atoms. The van der Waals surface area contributed by atoms with E-state index in [4.69, 9.17) is 5.73 Å². The molecule has 2 aromatic rings. The average molecular weight is 187 g/mol. The first-order valence-corrected chi connectivity index (χ1v) is 4.58. The van der Waals surface area contributed by atoms with E-state index >= 15 is 0 Å². The van der Waals surface area contributed by atoms with E-state index in [0.717, 1.165) is 16.3 Å². The Morgan fingerprint density at radius 3 is 2.43 bits per heavy atom. The second-order valence-electron chi connectivity index (χ2n) is 3.67. The van der Waals surface area contributed by atoms with Gasteiger partial charge >= 0.3 is 0 Å². The summed E-state index contributed by atoms with van der Waals surface area (Å²) in [6.07, 6.45) is 0. The standard InChI is InChI=1S/C12H13NO/c1-12(13,14)11-8-4-6-9-5-2-3-7-10(9)11/h2-8,14H,13H2,1H3/t12-/m1/s1. The van der Waals surface area contributed by atoms with Gasteiger partial charge in [0.25, 0.3) is 0 Å². The highest BCUT2D eigenvalue weighted by atomic mass is 16.3. The molecule has 2 aromatic carbocycles. The van der Waals surface area contributed by atoms with E-state index in [1.807, 2.05) is 42.5 Å². The summed E-state index contributed by atoms with van der Waals surface area (Å²) in [5.41, 5.74) is 5.16. The molecule has 14 heavy (non-hydrogen) atoms. The summed E-state index contributed by atoms with van der Waals surface area (Å²) in [5, 5.41) is 11.9. The predicted octanol–water partition coefficient (Wildman–Crippen LogP) is 1.96. The number of hydrogen-bond donors (Lipinski definition) is 2. The second-order valence-corrected chi connectivity index (χ2v) is 3.67. The lowest BCUT2D eigenvalue weighted by Gasteiger charge is -2.19. The Hall–Kier alpha value is -1.38. The second kappa shape index (κ2) is 3.08. The van der Waals surface area contributed by atoms with Gasteiger partial charge in [-0.25, -0.2) is 0 Å². The Labute approximate surface area is 83.0 Å². The van der Waals surface area contributed by atoms with Crippen LogP contribution in [0.3, 0.4) is 0 Å². The minimum absolute atomic E-state index is 0.760. The van der Waals surface area contributed by atoms with Crippen molar-refractivity contribution in [2.24, 2.45) is 5.73 Å². The molecule has 0 amide bonds. The van der Waals surface area contributed by atoms with Crippen LogP contribution in [0.25, 0.3) is 10.8 Å². The Balaban J connectivity index is 2.78. The SMILES string of the molecule is C[C@@](N)(O)c1cccc2ccccc12. The van der Waals surface area contributed by atoms with Crippen molar-refractivity contribution in [3.63, 3.8) is 0 Å². The van der Waals surface area contributed by atoms with Crippen molar-refractivity contribution in [2.75, 3.05) is 0 Å². The highest BCUT2D eigenvalue weighted by molar-refractivity contribution is 5.86. The zero-order chi connectivity index (χ0) is 10.2. The summed E-state index contributed by atoms with van der Waals surface area (Å²) in [6, 6.07) is 13.6. The molecule has 72 valence electrons. The minimum atomic E-state index is -1.28. The largest absolute Gasteiger partial charge is 0.372 e. The van der Waals surface area contributed by atoms with Crippen molar-refractivity contribution in [1.29, 1.82) is 0 Å². The van der Waals surface area contributed by atoms with Gasteiger partial charge in [-0.3, -0.25) is 0 Å². The third-order valence-electron chi connectivity index (χ3n) is 2.33. The summed E-state index contributed by atoms with van der Waals surface area (Å²) in [4.78, 5) is 0. The maximum absolute atomic E-state index is 9.76. The Morgan fingerprint density at radius 1 is 1.07 bits per heavy atom. The molecule has 0 saturated heterocycles. The van der Waals surface area contributed by atoms with Crippen LogP contribution in [-0.4, -0.2) is 5.11 Å². The predicted molar refractivity (Wildman–Crippen MR) is 57.7 cm³/mol. The van der Waals surface area contributed by atoms with E-state index in [9.17, 15) is 5.11 Å². The van der Waals surface area contributed by atoms with Crippen LogP contribution in [0.1, 0.15) is 12.5 Å². The summed E-state index contributed by atoms with van der Waals surface area (Å²) in [7, 11) is 0. The van der Waals surface area contributed by atoms with Crippen LogP contribution < -0.4 is 5.73 Å². The van der Waals surface area contributed by atoms with Crippen molar-refractivity contribution >= 4 is 10.8 Å². The average Bonchev–Trinajstić information content (AvgIpc) is 2.15. The topological polar surface area (TPSA) is 46.2 Å². The molecule has 0 aliphatic carbocycles. The fourth-order valence-electron chi connectivity index (χ4n) is 1.67. The van der Waals surface area contributed by atoms with Crippen LogP contribution in [0, 0.1) is 0 Å². The molecule has 1 atom stereocenters. The number of aliphatic hydroxyl groups is 1. The maximum Gasteiger partial charge on any atom is 0.137 e. The lowest BCUT2D eigenvalue weighted by Crippen LogP contribution is -2.32. The Morgan fingerprint density at radius 2 is 1.71 bits per heavy atom. The lowest BCUT2D eigenvalue weighted by atomic mass is 9.98. The molecule has 2 nitrogen and oxygen atoms in total. The molecule has 0 heterocycles. The third kappa shape index (κ3) is 1.50. The molecule has 0 fully saturated rings. The molecule has 0 saturated carbocycles. The van der Waals surface area contributed by atoms with E-state index in [1.165, 1.54) is 0 Å². The molecular weight excluding hydrogens is 174 g/mol. The molecule has 0 aliphatic rings. The van der Waals surface area contributed by atoms with Crippen LogP contribution in [0.4, 0.5) is 0 Å². The van der Waals surface area contributed by atoms with Gasteiger partial charge in [0.15, 0.2) is 0 Å². The van der Waals surface area contributed by atoms with Crippen LogP contribution in [0.15, 0.2) is 42.5 Å². The smallest absolute Gasteiger partial charge is 0.137 e. The van der Waals surface area contributed by atoms with Gasteiger partial charge in [-0.1, -0.05) is 42.5 Å². The highest BCUT2D eigenvalue weighted by Crippen LogP contribution is 2.24. The molecule has 0 radical (unpaired) electrons. The molecule has 2 rings (SSSR count). The molecule has 0 spiro atoms. The Kier molecular flexibility index (Phi) is 2.02. The van der Waals surface area contributed by atoms with Gasteiger partial charge in [0.05, 0.1) is 0 Å². The van der Waals surface area contributed by atoms with Crippen LogP contribution >= 0.6 is 0 Å². The Bertz CT molecular complexity index is 452. The van der Waals surface area contributed by atoms with Gasteiger partial charge in [-0.15, -0.1) is 0 Å². The normalized spacial score (nSPS) is 15.4. The molecule has 3 N–H and O–H groups in total. The first kappa shape index (κ1) is 9.19. The molecule has 0 aromatic heterocycles. The monoisotopic (exact) mass is 187 g/mol. The summed E-state index contributed by atoms with van der Waals surface area (Å²) < 4.78 is 0. The number of nitrogens with two attached hydrogens (primary N) is 1. The number of fused-ring (bicyclic) bond motifs is 1. The number of benzene rings is 2. The van der Waals surface area contributed by atoms with Gasteiger partial charge in [0.2, 0.25) is 0 Å². The van der Waals surface area contributed by atoms with E-state index in [-0.39, 0.29) is 0 Å². The molecule has 0 aliphatic heterocycles. The molecule has 0 unspecified atom stereocenters. The first-order chi connectivity index (χ1) is 6.59. The maximum atomic E-state index is 9.76. The molecule has 2 heteroatoms. The van der Waals surface area contributed by atoms with Crippen LogP contribution in [0.2, 0.25) is 0 Å². The van der Waals surface area contributed by atoms with E-state index in [1.54, 1.807) is 6.92 Å². The zero-order valence-electron chi connectivity index (χ0n) is 8.07. The van der Waals surface area contributed by atoms with Gasteiger partial charge in [-0.05, 0) is 17.7 Å². The van der Waals surface area contributed by atoms with Crippen molar-refractivity contribution in [3.05, 3.63) is 48.0 Å². The van der Waals surface area contributed by atoms with Crippen LogP contribution in [-0.2, 0) is 5.72 Å². The molecular formula is C12H13NO. The number of hydrogen-bond acceptors (Lipinski definition) is 2. The van der Waals surface area contributed by atoms with Gasteiger partial charge in [0, 0.05) is 5.56 Å². The zero-order valence-corrected chi connectivity index (χ0v) is 8.07. The van der Waals surface area contributed by atoms with E-state index in [0.29, 0.717) is 0 Å². The van der Waals surface area contributed by atoms with Crippen molar-refractivity contribution in [2.45, 2.75) is 12.6 Å². The summed E-state index contributed by atoms with van der Waals surface area (Å²) in [6.45, 7) is 1.59. The van der Waals surface area contributed by atoms with Gasteiger partial charge < -0.3 is 10.8 Å². The summed E-state index contributed by atoms with van der Waals surface area (Å²) in [5.74, 6) is 0. The third-order valence-corrected chi connectivity index (χ3v) is 2.33. The van der Waals surface area contributed by atoms with E-state index < -0.39 is 5.72 Å². The van der Waals surface area contributed by atoms with Gasteiger partial charge in [0.1, 0.15) is 5.72 Å². The minimum Gasteiger partial charge on any atom is -0.372 e. The lowest BCUT2D eigenvalue weighted by molar-refractivity contribution is 0.0663. The first-order valence-electron chi connectivity index (χ1n) is 4.58. The fraction of sp³-hybridized carbons (Fsp3) is 0.167. The highest BCUT2D eigenvalue weighted by Gasteiger charge is 2.18. The summed E-state index contributed by atoms with van der Waals surface area (Å²) >= 11 is 0. The van der Waals surface area contributed by atoms with Crippen molar-refractivity contribution in [1.82, 2.24) is 0 Å².